The van der Waals surface area contributed by atoms with Crippen molar-refractivity contribution in [2.45, 2.75) is 20.8 Å². The number of rotatable bonds is 4. The number of esters is 1. The van der Waals surface area contributed by atoms with E-state index in [1.54, 1.807) is 13.0 Å². The first kappa shape index (κ1) is 13.2. The zero-order valence-corrected chi connectivity index (χ0v) is 10.3. The highest BCUT2D eigenvalue weighted by atomic mass is 16.5. The van der Waals surface area contributed by atoms with E-state index in [0.29, 0.717) is 0 Å². The van der Waals surface area contributed by atoms with Crippen LogP contribution in [0.15, 0.2) is 29.8 Å². The molecule has 0 unspecified atom stereocenters. The molecule has 1 rings (SSSR count). The number of hydrogen-bond acceptors (Lipinski definition) is 3. The van der Waals surface area contributed by atoms with Crippen molar-refractivity contribution in [3.63, 3.8) is 0 Å². The van der Waals surface area contributed by atoms with E-state index < -0.39 is 5.97 Å². The van der Waals surface area contributed by atoms with Crippen LogP contribution in [0.3, 0.4) is 0 Å². The Kier molecular flexibility index (Phi) is 4.64. The van der Waals surface area contributed by atoms with Gasteiger partial charge in [-0.3, -0.25) is 4.79 Å². The second-order valence-electron chi connectivity index (χ2n) is 3.75. The van der Waals surface area contributed by atoms with Crippen LogP contribution in [0.2, 0.25) is 0 Å². The first-order valence-corrected chi connectivity index (χ1v) is 5.51. The van der Waals surface area contributed by atoms with Gasteiger partial charge in [0.25, 0.3) is 0 Å². The number of carbonyl (C=O) groups is 2. The first-order valence-electron chi connectivity index (χ1n) is 5.51. The van der Waals surface area contributed by atoms with Crippen molar-refractivity contribution in [3.8, 4) is 0 Å². The molecule has 0 aliphatic carbocycles. The van der Waals surface area contributed by atoms with Crippen molar-refractivity contribution in [1.82, 2.24) is 0 Å². The fraction of sp³-hybridized carbons (Fsp3) is 0.286. The topological polar surface area (TPSA) is 43.4 Å². The molecule has 0 N–H and O–H groups in total. The van der Waals surface area contributed by atoms with Gasteiger partial charge < -0.3 is 4.74 Å². The molecule has 1 aromatic rings. The number of ketones is 1. The molecular formula is C14H16O3. The number of ether oxygens (including phenoxy) is 1. The lowest BCUT2D eigenvalue weighted by molar-refractivity contribution is -0.139. The lowest BCUT2D eigenvalue weighted by Gasteiger charge is -2.04. The molecule has 0 spiro atoms. The average Bonchev–Trinajstić information content (AvgIpc) is 2.26. The zero-order chi connectivity index (χ0) is 12.8. The van der Waals surface area contributed by atoms with Gasteiger partial charge in [-0.2, -0.15) is 0 Å². The normalized spacial score (nSPS) is 11.1. The van der Waals surface area contributed by atoms with E-state index in [0.717, 1.165) is 11.1 Å². The Morgan fingerprint density at radius 2 is 2.06 bits per heavy atom. The van der Waals surface area contributed by atoms with E-state index in [1.165, 1.54) is 6.92 Å². The van der Waals surface area contributed by atoms with E-state index in [9.17, 15) is 9.59 Å². The maximum absolute atomic E-state index is 11.6. The van der Waals surface area contributed by atoms with Gasteiger partial charge in [-0.15, -0.1) is 0 Å². The van der Waals surface area contributed by atoms with E-state index in [4.69, 9.17) is 4.74 Å². The summed E-state index contributed by atoms with van der Waals surface area (Å²) in [5.74, 6) is -0.855. The fourth-order valence-electron chi connectivity index (χ4n) is 1.44. The molecule has 0 fully saturated rings. The van der Waals surface area contributed by atoms with Crippen LogP contribution in [-0.2, 0) is 14.3 Å². The summed E-state index contributed by atoms with van der Waals surface area (Å²) in [5, 5.41) is 0. The van der Waals surface area contributed by atoms with Gasteiger partial charge >= 0.3 is 5.97 Å². The molecule has 0 aliphatic rings. The fourth-order valence-corrected chi connectivity index (χ4v) is 1.44. The van der Waals surface area contributed by atoms with Gasteiger partial charge in [0.15, 0.2) is 5.78 Å². The predicted octanol–water partition coefficient (Wildman–Crippen LogP) is 2.53. The molecule has 0 atom stereocenters. The van der Waals surface area contributed by atoms with Gasteiger partial charge in [0.05, 0.1) is 6.61 Å². The van der Waals surface area contributed by atoms with Crippen molar-refractivity contribution in [1.29, 1.82) is 0 Å². The van der Waals surface area contributed by atoms with E-state index >= 15 is 0 Å². The highest BCUT2D eigenvalue weighted by Crippen LogP contribution is 2.11. The van der Waals surface area contributed by atoms with Crippen LogP contribution in [0, 0.1) is 6.92 Å². The van der Waals surface area contributed by atoms with Gasteiger partial charge in [0, 0.05) is 0 Å². The Labute approximate surface area is 101 Å². The van der Waals surface area contributed by atoms with Crippen LogP contribution in [-0.4, -0.2) is 18.4 Å². The third-order valence-electron chi connectivity index (χ3n) is 2.23. The van der Waals surface area contributed by atoms with Crippen LogP contribution >= 0.6 is 0 Å². The molecule has 0 saturated heterocycles. The molecule has 17 heavy (non-hydrogen) atoms. The third kappa shape index (κ3) is 3.87. The van der Waals surface area contributed by atoms with Crippen molar-refractivity contribution in [2.24, 2.45) is 0 Å². The van der Waals surface area contributed by atoms with Gasteiger partial charge in [-0.25, -0.2) is 4.79 Å². The highest BCUT2D eigenvalue weighted by Gasteiger charge is 2.15. The van der Waals surface area contributed by atoms with Crippen molar-refractivity contribution >= 4 is 17.8 Å². The molecule has 3 nitrogen and oxygen atoms in total. The van der Waals surface area contributed by atoms with Gasteiger partial charge in [0.2, 0.25) is 0 Å². The summed E-state index contributed by atoms with van der Waals surface area (Å²) in [6, 6.07) is 7.58. The zero-order valence-electron chi connectivity index (χ0n) is 10.3. The van der Waals surface area contributed by atoms with E-state index in [-0.39, 0.29) is 18.0 Å². The molecule has 0 aromatic heterocycles. The quantitative estimate of drug-likeness (QED) is 0.347. The minimum atomic E-state index is -0.568. The predicted molar refractivity (Wildman–Crippen MR) is 66.5 cm³/mol. The Morgan fingerprint density at radius 3 is 2.59 bits per heavy atom. The lowest BCUT2D eigenvalue weighted by Crippen LogP contribution is -2.13. The summed E-state index contributed by atoms with van der Waals surface area (Å²) in [4.78, 5) is 22.9. The highest BCUT2D eigenvalue weighted by molar-refractivity contribution is 6.19. The number of Topliss-reactive ketones (excluding diaryl/α,β-unsaturated/α-hetero) is 1. The second kappa shape index (κ2) is 5.99. The molecule has 0 bridgehead atoms. The lowest BCUT2D eigenvalue weighted by atomic mass is 10.1. The minimum absolute atomic E-state index is 0.0810. The van der Waals surface area contributed by atoms with Crippen molar-refractivity contribution in [3.05, 3.63) is 41.0 Å². The van der Waals surface area contributed by atoms with Gasteiger partial charge in [0.1, 0.15) is 5.57 Å². The molecule has 0 aliphatic heterocycles. The third-order valence-corrected chi connectivity index (χ3v) is 2.23. The summed E-state index contributed by atoms with van der Waals surface area (Å²) in [5.41, 5.74) is 1.98. The molecule has 90 valence electrons. The summed E-state index contributed by atoms with van der Waals surface area (Å²) >= 11 is 0. The largest absolute Gasteiger partial charge is 0.462 e. The second-order valence-corrected chi connectivity index (χ2v) is 3.75. The van der Waals surface area contributed by atoms with Gasteiger partial charge in [-0.05, 0) is 32.4 Å². The van der Waals surface area contributed by atoms with Crippen LogP contribution < -0.4 is 0 Å². The summed E-state index contributed by atoms with van der Waals surface area (Å²) in [6.07, 6.45) is 1.56. The Balaban J connectivity index is 3.06. The number of aryl methyl sites for hydroxylation is 1. The van der Waals surface area contributed by atoms with E-state index in [2.05, 4.69) is 0 Å². The van der Waals surface area contributed by atoms with Crippen molar-refractivity contribution in [2.75, 3.05) is 6.61 Å². The monoisotopic (exact) mass is 232 g/mol. The Hall–Kier alpha value is -1.90. The summed E-state index contributed by atoms with van der Waals surface area (Å²) < 4.78 is 4.84. The number of carbonyl (C=O) groups excluding carboxylic acids is 2. The van der Waals surface area contributed by atoms with E-state index in [1.807, 2.05) is 31.2 Å². The molecular weight excluding hydrogens is 216 g/mol. The van der Waals surface area contributed by atoms with Crippen molar-refractivity contribution < 1.29 is 14.3 Å². The van der Waals surface area contributed by atoms with Gasteiger partial charge in [-0.1, -0.05) is 29.8 Å². The summed E-state index contributed by atoms with van der Waals surface area (Å²) in [6.45, 7) is 5.29. The standard InChI is InChI=1S/C14H16O3/c1-4-17-14(16)13(11(3)15)9-12-7-5-6-10(2)8-12/h5-9H,4H2,1-3H3. The minimum Gasteiger partial charge on any atom is -0.462 e. The van der Waals surface area contributed by atoms with Crippen LogP contribution in [0.4, 0.5) is 0 Å². The molecule has 0 amide bonds. The Morgan fingerprint density at radius 1 is 1.35 bits per heavy atom. The van der Waals surface area contributed by atoms with Crippen LogP contribution in [0.25, 0.3) is 6.08 Å². The molecule has 1 aromatic carbocycles. The smallest absolute Gasteiger partial charge is 0.341 e. The maximum atomic E-state index is 11.6. The van der Waals surface area contributed by atoms with Crippen LogP contribution in [0.5, 0.6) is 0 Å². The molecule has 0 heterocycles. The summed E-state index contributed by atoms with van der Waals surface area (Å²) in [7, 11) is 0. The average molecular weight is 232 g/mol. The maximum Gasteiger partial charge on any atom is 0.341 e. The number of benzene rings is 1. The molecule has 3 heteroatoms. The SMILES string of the molecule is CCOC(=O)C(=Cc1cccc(C)c1)C(C)=O. The number of hydrogen-bond donors (Lipinski definition) is 0. The molecule has 0 saturated carbocycles. The first-order chi connectivity index (χ1) is 8.04. The molecule has 0 radical (unpaired) electrons. The van der Waals surface area contributed by atoms with Crippen LogP contribution in [0.1, 0.15) is 25.0 Å². The Bertz CT molecular complexity index is 458.